The lowest BCUT2D eigenvalue weighted by Crippen LogP contribution is -2.15. The lowest BCUT2D eigenvalue weighted by molar-refractivity contribution is -0.113. The van der Waals surface area contributed by atoms with Gasteiger partial charge in [-0.05, 0) is 42.6 Å². The van der Waals surface area contributed by atoms with E-state index in [1.165, 1.54) is 11.8 Å². The molecule has 0 saturated heterocycles. The minimum Gasteiger partial charge on any atom is -0.325 e. The fourth-order valence-corrected chi connectivity index (χ4v) is 4.92. The molecular formula is C24H19N5OS2. The molecule has 3 heterocycles. The van der Waals surface area contributed by atoms with Gasteiger partial charge < -0.3 is 5.32 Å². The van der Waals surface area contributed by atoms with Gasteiger partial charge in [-0.1, -0.05) is 54.2 Å². The van der Waals surface area contributed by atoms with Crippen LogP contribution in [-0.4, -0.2) is 31.4 Å². The molecular weight excluding hydrogens is 438 g/mol. The lowest BCUT2D eigenvalue weighted by atomic mass is 10.1. The van der Waals surface area contributed by atoms with Crippen molar-refractivity contribution in [1.29, 1.82) is 0 Å². The summed E-state index contributed by atoms with van der Waals surface area (Å²) in [6, 6.07) is 23.6. The van der Waals surface area contributed by atoms with E-state index in [-0.39, 0.29) is 11.7 Å². The zero-order chi connectivity index (χ0) is 21.9. The first-order valence-electron chi connectivity index (χ1n) is 10.0. The summed E-state index contributed by atoms with van der Waals surface area (Å²) in [6.07, 6.45) is 0. The molecule has 0 aliphatic carbocycles. The molecule has 0 atom stereocenters. The third-order valence-corrected chi connectivity index (χ3v) is 6.63. The van der Waals surface area contributed by atoms with Crippen LogP contribution in [-0.2, 0) is 4.79 Å². The molecule has 3 aromatic heterocycles. The van der Waals surface area contributed by atoms with Crippen LogP contribution in [0.1, 0.15) is 5.69 Å². The predicted molar refractivity (Wildman–Crippen MR) is 131 cm³/mol. The number of benzene rings is 2. The molecule has 5 aromatic rings. The van der Waals surface area contributed by atoms with Gasteiger partial charge in [-0.3, -0.25) is 14.3 Å². The van der Waals surface area contributed by atoms with Gasteiger partial charge in [0.1, 0.15) is 0 Å². The van der Waals surface area contributed by atoms with Gasteiger partial charge in [0.2, 0.25) is 5.91 Å². The van der Waals surface area contributed by atoms with E-state index in [4.69, 9.17) is 0 Å². The molecule has 0 fully saturated rings. The van der Waals surface area contributed by atoms with E-state index in [0.717, 1.165) is 38.7 Å². The highest BCUT2D eigenvalue weighted by atomic mass is 32.2. The monoisotopic (exact) mass is 457 g/mol. The highest BCUT2D eigenvalue weighted by molar-refractivity contribution is 7.99. The molecule has 6 nitrogen and oxygen atoms in total. The van der Waals surface area contributed by atoms with Crippen LogP contribution in [0.3, 0.4) is 0 Å². The predicted octanol–water partition coefficient (Wildman–Crippen LogP) is 5.58. The molecule has 0 aliphatic rings. The Kier molecular flexibility index (Phi) is 5.70. The zero-order valence-electron chi connectivity index (χ0n) is 17.2. The van der Waals surface area contributed by atoms with Crippen LogP contribution < -0.4 is 5.32 Å². The fourth-order valence-electron chi connectivity index (χ4n) is 3.47. The number of thioether (sulfide) groups is 1. The molecule has 0 bridgehead atoms. The number of pyridine rings is 1. The molecule has 158 valence electrons. The highest BCUT2D eigenvalue weighted by Crippen LogP contribution is 2.30. The van der Waals surface area contributed by atoms with Gasteiger partial charge in [0.15, 0.2) is 11.0 Å². The molecule has 0 spiro atoms. The molecule has 0 saturated carbocycles. The minimum atomic E-state index is -0.106. The molecule has 8 heteroatoms. The number of rotatable bonds is 6. The summed E-state index contributed by atoms with van der Waals surface area (Å²) in [6.45, 7) is 1.92. The van der Waals surface area contributed by atoms with Crippen LogP contribution in [0.15, 0.2) is 83.3 Å². The van der Waals surface area contributed by atoms with E-state index in [2.05, 4.69) is 20.5 Å². The standard InChI is InChI=1S/C24H19N5OS2/c1-16-14-20(18-10-5-6-11-19(18)25-16)26-22(30)15-32-24-28-27-23(21-12-7-13-31-21)29(24)17-8-3-2-4-9-17/h2-14H,15H2,1H3,(H,25,26,30). The van der Waals surface area contributed by atoms with Crippen LogP contribution >= 0.6 is 23.1 Å². The van der Waals surface area contributed by atoms with Crippen molar-refractivity contribution in [3.05, 3.63) is 83.9 Å². The third kappa shape index (κ3) is 4.15. The van der Waals surface area contributed by atoms with E-state index in [1.807, 2.05) is 89.7 Å². The topological polar surface area (TPSA) is 72.7 Å². The van der Waals surface area contributed by atoms with Gasteiger partial charge in [0, 0.05) is 16.8 Å². The van der Waals surface area contributed by atoms with Crippen LogP contribution in [0.5, 0.6) is 0 Å². The molecule has 1 amide bonds. The van der Waals surface area contributed by atoms with Gasteiger partial charge in [-0.25, -0.2) is 0 Å². The Hall–Kier alpha value is -3.49. The summed E-state index contributed by atoms with van der Waals surface area (Å²) >= 11 is 2.97. The van der Waals surface area contributed by atoms with Crippen molar-refractivity contribution in [3.63, 3.8) is 0 Å². The summed E-state index contributed by atoms with van der Waals surface area (Å²) < 4.78 is 2.00. The molecule has 32 heavy (non-hydrogen) atoms. The minimum absolute atomic E-state index is 0.106. The summed E-state index contributed by atoms with van der Waals surface area (Å²) in [5.74, 6) is 0.876. The van der Waals surface area contributed by atoms with Crippen molar-refractivity contribution in [2.75, 3.05) is 11.1 Å². The van der Waals surface area contributed by atoms with Crippen molar-refractivity contribution in [2.45, 2.75) is 12.1 Å². The Labute approximate surface area is 193 Å². The number of carbonyl (C=O) groups excluding carboxylic acids is 1. The third-order valence-electron chi connectivity index (χ3n) is 4.84. The second-order valence-electron chi connectivity index (χ2n) is 7.12. The number of para-hydroxylation sites is 2. The number of nitrogens with zero attached hydrogens (tertiary/aromatic N) is 4. The summed E-state index contributed by atoms with van der Waals surface area (Å²) in [4.78, 5) is 18.4. The molecule has 1 N–H and O–H groups in total. The number of hydrogen-bond acceptors (Lipinski definition) is 6. The Bertz CT molecular complexity index is 1380. The number of aryl methyl sites for hydroxylation is 1. The Morgan fingerprint density at radius 2 is 1.84 bits per heavy atom. The average molecular weight is 458 g/mol. The van der Waals surface area contributed by atoms with Crippen molar-refractivity contribution < 1.29 is 4.79 Å². The molecule has 2 aromatic carbocycles. The van der Waals surface area contributed by atoms with Gasteiger partial charge in [0.25, 0.3) is 0 Å². The van der Waals surface area contributed by atoms with Crippen molar-refractivity contribution >= 4 is 45.6 Å². The second-order valence-corrected chi connectivity index (χ2v) is 9.01. The number of amides is 1. The first-order valence-corrected chi connectivity index (χ1v) is 11.9. The molecule has 5 rings (SSSR count). The van der Waals surface area contributed by atoms with E-state index < -0.39 is 0 Å². The smallest absolute Gasteiger partial charge is 0.234 e. The van der Waals surface area contributed by atoms with Crippen molar-refractivity contribution in [2.24, 2.45) is 0 Å². The van der Waals surface area contributed by atoms with E-state index >= 15 is 0 Å². The summed E-state index contributed by atoms with van der Waals surface area (Å²) in [5, 5.41) is 15.4. The number of aromatic nitrogens is 4. The lowest BCUT2D eigenvalue weighted by Gasteiger charge is -2.11. The summed E-state index contributed by atoms with van der Waals surface area (Å²) in [7, 11) is 0. The zero-order valence-corrected chi connectivity index (χ0v) is 18.9. The maximum atomic E-state index is 12.8. The van der Waals surface area contributed by atoms with Crippen LogP contribution in [0.4, 0.5) is 5.69 Å². The Morgan fingerprint density at radius 1 is 1.03 bits per heavy atom. The summed E-state index contributed by atoms with van der Waals surface area (Å²) in [5.41, 5.74) is 3.44. The van der Waals surface area contributed by atoms with Gasteiger partial charge in [0.05, 0.1) is 21.8 Å². The first kappa shape index (κ1) is 20.4. The average Bonchev–Trinajstić information content (AvgIpc) is 3.48. The highest BCUT2D eigenvalue weighted by Gasteiger charge is 2.18. The number of anilines is 1. The molecule has 0 aliphatic heterocycles. The second kappa shape index (κ2) is 8.94. The number of fused-ring (bicyclic) bond motifs is 1. The van der Waals surface area contributed by atoms with Gasteiger partial charge >= 0.3 is 0 Å². The number of thiophene rings is 1. The molecule has 0 radical (unpaired) electrons. The van der Waals surface area contributed by atoms with Crippen LogP contribution in [0.25, 0.3) is 27.3 Å². The van der Waals surface area contributed by atoms with Crippen molar-refractivity contribution in [1.82, 2.24) is 19.7 Å². The first-order chi connectivity index (χ1) is 15.7. The van der Waals surface area contributed by atoms with E-state index in [1.54, 1.807) is 11.3 Å². The Balaban J connectivity index is 1.39. The van der Waals surface area contributed by atoms with E-state index in [0.29, 0.717) is 5.16 Å². The van der Waals surface area contributed by atoms with Crippen LogP contribution in [0, 0.1) is 6.92 Å². The maximum Gasteiger partial charge on any atom is 0.234 e. The SMILES string of the molecule is Cc1cc(NC(=O)CSc2nnc(-c3cccs3)n2-c2ccccc2)c2ccccc2n1. The largest absolute Gasteiger partial charge is 0.325 e. The number of carbonyl (C=O) groups is 1. The Morgan fingerprint density at radius 3 is 2.66 bits per heavy atom. The maximum absolute atomic E-state index is 12.8. The fraction of sp³-hybridized carbons (Fsp3) is 0.0833. The quantitative estimate of drug-likeness (QED) is 0.337. The number of nitrogens with one attached hydrogen (secondary N) is 1. The van der Waals surface area contributed by atoms with Gasteiger partial charge in [-0.15, -0.1) is 21.5 Å². The van der Waals surface area contributed by atoms with Crippen molar-refractivity contribution in [3.8, 4) is 16.4 Å². The van der Waals surface area contributed by atoms with Gasteiger partial charge in [-0.2, -0.15) is 0 Å². The van der Waals surface area contributed by atoms with Crippen LogP contribution in [0.2, 0.25) is 0 Å². The van der Waals surface area contributed by atoms with E-state index in [9.17, 15) is 4.79 Å². The normalized spacial score (nSPS) is 11.0. The number of hydrogen-bond donors (Lipinski definition) is 1. The molecule has 0 unspecified atom stereocenters.